The predicted octanol–water partition coefficient (Wildman–Crippen LogP) is 6.28. The third kappa shape index (κ3) is 3.17. The van der Waals surface area contributed by atoms with E-state index < -0.39 is 0 Å². The fourth-order valence-electron chi connectivity index (χ4n) is 3.40. The second kappa shape index (κ2) is 7.86. The summed E-state index contributed by atoms with van der Waals surface area (Å²) in [5, 5.41) is 3.07. The van der Waals surface area contributed by atoms with Crippen LogP contribution in [0.1, 0.15) is 0 Å². The Morgan fingerprint density at radius 2 is 1.00 bits per heavy atom. The molecule has 0 spiro atoms. The number of amides is 2. The van der Waals surface area contributed by atoms with E-state index in [4.69, 9.17) is 0 Å². The Morgan fingerprint density at radius 3 is 1.39 bits per heavy atom. The normalized spacial score (nSPS) is 11.0. The number of para-hydroxylation sites is 3. The van der Waals surface area contributed by atoms with Crippen molar-refractivity contribution in [3.8, 4) is 0 Å². The first-order valence-corrected chi connectivity index (χ1v) is 9.09. The Bertz CT molecular complexity index is 940. The predicted molar refractivity (Wildman–Crippen MR) is 114 cm³/mol. The molecule has 4 heteroatoms. The Labute approximate surface area is 164 Å². The first kappa shape index (κ1) is 17.6. The molecule has 2 amide bonds. The topological polar surface area (TPSA) is 42.0 Å². The van der Waals surface area contributed by atoms with Crippen LogP contribution in [0.4, 0.5) is 27.5 Å². The first-order chi connectivity index (χ1) is 13.8. The Morgan fingerprint density at radius 1 is 0.607 bits per heavy atom. The number of aromatic nitrogens is 1. The number of anilines is 1. The lowest BCUT2D eigenvalue weighted by molar-refractivity contribution is 0.241. The highest BCUT2D eigenvalue weighted by molar-refractivity contribution is 6.07. The van der Waals surface area contributed by atoms with Gasteiger partial charge in [0.15, 0.2) is 17.1 Å². The minimum Gasteiger partial charge on any atom is -0.274 e. The van der Waals surface area contributed by atoms with E-state index in [1.165, 1.54) is 0 Å². The average molecular weight is 366 g/mol. The second-order valence-corrected chi connectivity index (χ2v) is 6.34. The number of carbonyl (C=O) groups excluding carboxylic acids is 1. The van der Waals surface area contributed by atoms with Crippen LogP contribution in [0.5, 0.6) is 0 Å². The quantitative estimate of drug-likeness (QED) is 0.432. The van der Waals surface area contributed by atoms with Crippen LogP contribution in [0.25, 0.3) is 0 Å². The number of carbonyl (C=O) groups is 1. The van der Waals surface area contributed by atoms with Crippen LogP contribution >= 0.6 is 0 Å². The number of hydrogen-bond acceptors (Lipinski definition) is 2. The van der Waals surface area contributed by atoms with E-state index in [2.05, 4.69) is 10.3 Å². The van der Waals surface area contributed by atoms with Crippen LogP contribution in [0.2, 0.25) is 0 Å². The lowest BCUT2D eigenvalue weighted by Gasteiger charge is -2.34. The molecule has 0 saturated carbocycles. The molecule has 1 heterocycles. The number of urea groups is 1. The van der Waals surface area contributed by atoms with Crippen LogP contribution in [0, 0.1) is 0 Å². The van der Waals surface area contributed by atoms with Gasteiger partial charge in [-0.25, -0.2) is 4.79 Å². The zero-order chi connectivity index (χ0) is 19.2. The summed E-state index contributed by atoms with van der Waals surface area (Å²) < 4.78 is -0.0785. The van der Waals surface area contributed by atoms with E-state index in [1.807, 2.05) is 91.0 Å². The number of benzene rings is 3. The molecule has 0 aliphatic rings. The van der Waals surface area contributed by atoms with Gasteiger partial charge < -0.3 is 0 Å². The maximum Gasteiger partial charge on any atom is 0.436 e. The largest absolute Gasteiger partial charge is 0.436 e. The zero-order valence-corrected chi connectivity index (χ0v) is 15.3. The molecule has 0 saturated heterocycles. The minimum absolute atomic E-state index is 0.0785. The van der Waals surface area contributed by atoms with Gasteiger partial charge in [-0.3, -0.25) is 10.3 Å². The smallest absolute Gasteiger partial charge is 0.274 e. The highest BCUT2D eigenvalue weighted by Crippen LogP contribution is 2.44. The van der Waals surface area contributed by atoms with Gasteiger partial charge in [0.25, 0.3) is 0 Å². The highest BCUT2D eigenvalue weighted by Gasteiger charge is 2.44. The molecule has 0 bridgehead atoms. The minimum atomic E-state index is -0.171. The lowest BCUT2D eigenvalue weighted by Crippen LogP contribution is -2.47. The van der Waals surface area contributed by atoms with Gasteiger partial charge in [0.05, 0.1) is 0 Å². The average Bonchev–Trinajstić information content (AvgIpc) is 2.77. The highest BCUT2D eigenvalue weighted by atomic mass is 16.2. The first-order valence-electron chi connectivity index (χ1n) is 9.09. The van der Waals surface area contributed by atoms with Gasteiger partial charge in [-0.05, 0) is 12.1 Å². The molecule has 136 valence electrons. The van der Waals surface area contributed by atoms with E-state index in [9.17, 15) is 4.79 Å². The van der Waals surface area contributed by atoms with Gasteiger partial charge in [-0.1, -0.05) is 54.6 Å². The number of nitrogens with one attached hydrogen (secondary N) is 1. The van der Waals surface area contributed by atoms with Crippen molar-refractivity contribution in [2.45, 2.75) is 0 Å². The Balaban J connectivity index is 1.97. The van der Waals surface area contributed by atoms with E-state index >= 15 is 0 Å². The molecule has 1 aromatic heterocycles. The molecule has 0 unspecified atom stereocenters. The molecular weight excluding hydrogens is 346 g/mol. The fraction of sp³-hybridized carbons (Fsp3) is 0. The molecular formula is C24H20N3O+. The summed E-state index contributed by atoms with van der Waals surface area (Å²) in [4.78, 5) is 17.9. The standard InChI is InChI=1S/C24H19N3O/c28-24(26-20-16-18-25-19-17-20)27(21-10-4-1-5-11-21,22-12-6-2-7-13-22)23-14-8-3-9-15-23/h1-19H/p+1. The maximum atomic E-state index is 13.9. The van der Waals surface area contributed by atoms with Crippen molar-refractivity contribution in [1.82, 2.24) is 9.47 Å². The Kier molecular flexibility index (Phi) is 4.95. The molecule has 0 aliphatic carbocycles. The van der Waals surface area contributed by atoms with E-state index in [1.54, 1.807) is 24.5 Å². The number of hydrogen-bond donors (Lipinski definition) is 1. The molecule has 1 N–H and O–H groups in total. The number of nitrogens with zero attached hydrogens (tertiary/aromatic N) is 2. The summed E-state index contributed by atoms with van der Waals surface area (Å²) in [7, 11) is 0. The summed E-state index contributed by atoms with van der Waals surface area (Å²) >= 11 is 0. The SMILES string of the molecule is O=C(Nc1ccncc1)[N+](c1ccccc1)(c1ccccc1)c1ccccc1. The van der Waals surface area contributed by atoms with Crippen LogP contribution in [-0.4, -0.2) is 11.0 Å². The van der Waals surface area contributed by atoms with E-state index in [-0.39, 0.29) is 10.5 Å². The monoisotopic (exact) mass is 366 g/mol. The van der Waals surface area contributed by atoms with Crippen LogP contribution in [0.15, 0.2) is 116 Å². The van der Waals surface area contributed by atoms with Gasteiger partial charge in [0, 0.05) is 54.5 Å². The molecule has 4 aromatic rings. The molecule has 0 fully saturated rings. The summed E-state index contributed by atoms with van der Waals surface area (Å²) in [5.41, 5.74) is 3.26. The van der Waals surface area contributed by atoms with Crippen molar-refractivity contribution in [2.24, 2.45) is 0 Å². The summed E-state index contributed by atoms with van der Waals surface area (Å²) in [5.74, 6) is 0. The zero-order valence-electron chi connectivity index (χ0n) is 15.3. The van der Waals surface area contributed by atoms with Crippen molar-refractivity contribution in [3.05, 3.63) is 116 Å². The summed E-state index contributed by atoms with van der Waals surface area (Å²) in [6.45, 7) is 0. The van der Waals surface area contributed by atoms with Crippen LogP contribution in [-0.2, 0) is 0 Å². The molecule has 0 aliphatic heterocycles. The van der Waals surface area contributed by atoms with Gasteiger partial charge >= 0.3 is 6.03 Å². The molecule has 4 rings (SSSR count). The third-order valence-corrected chi connectivity index (χ3v) is 4.67. The van der Waals surface area contributed by atoms with E-state index in [0.717, 1.165) is 17.1 Å². The number of pyridine rings is 1. The molecule has 4 nitrogen and oxygen atoms in total. The number of quaternary nitrogens is 1. The lowest BCUT2D eigenvalue weighted by atomic mass is 10.1. The van der Waals surface area contributed by atoms with Crippen LogP contribution in [0.3, 0.4) is 0 Å². The van der Waals surface area contributed by atoms with Gasteiger partial charge in [0.2, 0.25) is 0 Å². The molecule has 28 heavy (non-hydrogen) atoms. The second-order valence-electron chi connectivity index (χ2n) is 6.34. The number of rotatable bonds is 4. The van der Waals surface area contributed by atoms with Crippen molar-refractivity contribution in [3.63, 3.8) is 0 Å². The summed E-state index contributed by atoms with van der Waals surface area (Å²) in [6, 6.07) is 32.8. The van der Waals surface area contributed by atoms with Crippen molar-refractivity contribution in [2.75, 3.05) is 5.32 Å². The maximum absolute atomic E-state index is 13.9. The fourth-order valence-corrected chi connectivity index (χ4v) is 3.40. The Hall–Kier alpha value is -3.76. The van der Waals surface area contributed by atoms with Crippen molar-refractivity contribution < 1.29 is 4.79 Å². The van der Waals surface area contributed by atoms with Crippen molar-refractivity contribution in [1.29, 1.82) is 0 Å². The van der Waals surface area contributed by atoms with Gasteiger partial charge in [-0.2, -0.15) is 0 Å². The van der Waals surface area contributed by atoms with Gasteiger partial charge in [0.1, 0.15) is 0 Å². The molecule has 0 radical (unpaired) electrons. The molecule has 0 atom stereocenters. The van der Waals surface area contributed by atoms with Crippen molar-refractivity contribution >= 4 is 28.8 Å². The third-order valence-electron chi connectivity index (χ3n) is 4.67. The summed E-state index contributed by atoms with van der Waals surface area (Å²) in [6.07, 6.45) is 3.33. The molecule has 3 aromatic carbocycles. The van der Waals surface area contributed by atoms with E-state index in [0.29, 0.717) is 5.69 Å². The van der Waals surface area contributed by atoms with Crippen LogP contribution < -0.4 is 9.80 Å². The van der Waals surface area contributed by atoms with Gasteiger partial charge in [-0.15, -0.1) is 4.48 Å².